The van der Waals surface area contributed by atoms with E-state index in [-0.39, 0.29) is 22.2 Å². The van der Waals surface area contributed by atoms with Gasteiger partial charge in [0.25, 0.3) is 0 Å². The molecule has 6 nitrogen and oxygen atoms in total. The summed E-state index contributed by atoms with van der Waals surface area (Å²) in [6, 6.07) is 3.95. The van der Waals surface area contributed by atoms with Gasteiger partial charge in [-0.25, -0.2) is 14.2 Å². The number of rotatable bonds is 5. The summed E-state index contributed by atoms with van der Waals surface area (Å²) in [6.07, 6.45) is 0.194. The minimum Gasteiger partial charge on any atom is -0.465 e. The predicted molar refractivity (Wildman–Crippen MR) is 95.5 cm³/mol. The molecule has 0 bridgehead atoms. The van der Waals surface area contributed by atoms with E-state index in [0.29, 0.717) is 12.3 Å². The molecule has 25 heavy (non-hydrogen) atoms. The summed E-state index contributed by atoms with van der Waals surface area (Å²) in [5.41, 5.74) is 0.892. The molecule has 1 aromatic carbocycles. The third-order valence-electron chi connectivity index (χ3n) is 4.39. The molecular weight excluding hydrogens is 343 g/mol. The summed E-state index contributed by atoms with van der Waals surface area (Å²) < 4.78 is 25.6. The lowest BCUT2D eigenvalue weighted by atomic mass is 10.2. The van der Waals surface area contributed by atoms with E-state index in [9.17, 15) is 9.18 Å². The van der Waals surface area contributed by atoms with Crippen LogP contribution < -0.4 is 5.32 Å². The van der Waals surface area contributed by atoms with Crippen LogP contribution in [0.25, 0.3) is 11.5 Å². The highest BCUT2D eigenvalue weighted by atomic mass is 28.4. The second kappa shape index (κ2) is 6.97. The van der Waals surface area contributed by atoms with Gasteiger partial charge in [0.1, 0.15) is 17.8 Å². The minimum absolute atomic E-state index is 0.0820. The molecule has 0 spiro atoms. The number of hydrogen-bond donors (Lipinski definition) is 2. The highest BCUT2D eigenvalue weighted by Crippen LogP contribution is 2.37. The molecule has 0 radical (unpaired) electrons. The van der Waals surface area contributed by atoms with Crippen molar-refractivity contribution in [2.75, 3.05) is 5.32 Å². The largest absolute Gasteiger partial charge is 0.465 e. The maximum absolute atomic E-state index is 14.2. The van der Waals surface area contributed by atoms with Gasteiger partial charge < -0.3 is 13.9 Å². The second-order valence-corrected chi connectivity index (χ2v) is 12.1. The molecule has 0 unspecified atom stereocenters. The van der Waals surface area contributed by atoms with E-state index in [1.54, 1.807) is 0 Å². The molecule has 2 aromatic rings. The molecule has 1 aromatic heterocycles. The van der Waals surface area contributed by atoms with Crippen molar-refractivity contribution in [3.05, 3.63) is 36.0 Å². The third-order valence-corrected chi connectivity index (χ3v) is 8.87. The normalized spacial score (nSPS) is 12.2. The molecule has 1 amide bonds. The number of nitrogens with zero attached hydrogens (tertiary/aromatic N) is 1. The Hall–Kier alpha value is -2.19. The average Bonchev–Trinajstić information content (AvgIpc) is 2.92. The number of hydrogen-bond acceptors (Lipinski definition) is 4. The van der Waals surface area contributed by atoms with Crippen molar-refractivity contribution in [1.82, 2.24) is 4.98 Å². The lowest BCUT2D eigenvalue weighted by molar-refractivity contribution is 0.209. The van der Waals surface area contributed by atoms with Crippen LogP contribution in [-0.4, -0.2) is 24.5 Å². The Labute approximate surface area is 147 Å². The highest BCUT2D eigenvalue weighted by molar-refractivity contribution is 6.74. The Morgan fingerprint density at radius 2 is 2.08 bits per heavy atom. The highest BCUT2D eigenvalue weighted by Gasteiger charge is 2.37. The van der Waals surface area contributed by atoms with Gasteiger partial charge in [0, 0.05) is 5.69 Å². The van der Waals surface area contributed by atoms with Crippen LogP contribution in [0.4, 0.5) is 14.9 Å². The number of anilines is 1. The Morgan fingerprint density at radius 1 is 1.40 bits per heavy atom. The molecular formula is C17H23FN2O4Si. The van der Waals surface area contributed by atoms with Crippen LogP contribution in [0.5, 0.6) is 0 Å². The van der Waals surface area contributed by atoms with Crippen molar-refractivity contribution in [3.63, 3.8) is 0 Å². The Morgan fingerprint density at radius 3 is 2.64 bits per heavy atom. The summed E-state index contributed by atoms with van der Waals surface area (Å²) in [5, 5.41) is 10.8. The number of halogens is 1. The fourth-order valence-electron chi connectivity index (χ4n) is 1.86. The van der Waals surface area contributed by atoms with Crippen LogP contribution in [0.2, 0.25) is 18.1 Å². The molecule has 2 N–H and O–H groups in total. The third kappa shape index (κ3) is 4.67. The van der Waals surface area contributed by atoms with Crippen LogP contribution >= 0.6 is 0 Å². The molecule has 2 rings (SSSR count). The maximum atomic E-state index is 14.2. The summed E-state index contributed by atoms with van der Waals surface area (Å²) >= 11 is 0. The Kier molecular flexibility index (Phi) is 5.33. The summed E-state index contributed by atoms with van der Waals surface area (Å²) in [7, 11) is -1.91. The zero-order chi connectivity index (χ0) is 18.8. The minimum atomic E-state index is -1.91. The lowest BCUT2D eigenvalue weighted by Crippen LogP contribution is -2.40. The number of amides is 1. The van der Waals surface area contributed by atoms with Crippen molar-refractivity contribution < 1.29 is 23.1 Å². The maximum Gasteiger partial charge on any atom is 0.409 e. The number of carbonyl (C=O) groups is 1. The summed E-state index contributed by atoms with van der Waals surface area (Å²) in [6.45, 7) is 11.0. The van der Waals surface area contributed by atoms with Crippen molar-refractivity contribution in [1.29, 1.82) is 0 Å². The first-order valence-corrected chi connectivity index (χ1v) is 10.8. The summed E-state index contributed by atoms with van der Waals surface area (Å²) in [4.78, 5) is 14.9. The first kappa shape index (κ1) is 19.1. The number of nitrogens with one attached hydrogen (secondary N) is 1. The monoisotopic (exact) mass is 366 g/mol. The zero-order valence-corrected chi connectivity index (χ0v) is 16.0. The number of carboxylic acid groups (broad SMARTS) is 1. The van der Waals surface area contributed by atoms with Crippen LogP contribution in [0.15, 0.2) is 28.9 Å². The molecule has 0 saturated carbocycles. The van der Waals surface area contributed by atoms with Crippen molar-refractivity contribution >= 4 is 20.1 Å². The quantitative estimate of drug-likeness (QED) is 0.720. The molecule has 1 heterocycles. The van der Waals surface area contributed by atoms with Gasteiger partial charge in [0.2, 0.25) is 5.89 Å². The van der Waals surface area contributed by atoms with Gasteiger partial charge >= 0.3 is 6.09 Å². The van der Waals surface area contributed by atoms with Crippen molar-refractivity contribution in [3.8, 4) is 11.5 Å². The van der Waals surface area contributed by atoms with Crippen LogP contribution in [0, 0.1) is 5.82 Å². The standard InChI is InChI=1S/C17H23FN2O4Si/c1-17(2,3)25(4,5)24-10-12-9-23-15(19-12)13-7-6-11(8-14(13)18)20-16(21)22/h6-9,20H,10H2,1-5H3,(H,21,22). The van der Waals surface area contributed by atoms with E-state index in [4.69, 9.17) is 13.9 Å². The molecule has 136 valence electrons. The predicted octanol–water partition coefficient (Wildman–Crippen LogP) is 5.09. The van der Waals surface area contributed by atoms with E-state index in [2.05, 4.69) is 44.2 Å². The molecule has 0 saturated heterocycles. The summed E-state index contributed by atoms with van der Waals surface area (Å²) in [5.74, 6) is -0.488. The van der Waals surface area contributed by atoms with Gasteiger partial charge in [-0.1, -0.05) is 20.8 Å². The molecule has 0 aliphatic carbocycles. The molecule has 0 fully saturated rings. The van der Waals surface area contributed by atoms with Gasteiger partial charge in [0.15, 0.2) is 8.32 Å². The van der Waals surface area contributed by atoms with E-state index in [1.165, 1.54) is 18.4 Å². The molecule has 0 atom stereocenters. The fourth-order valence-corrected chi connectivity index (χ4v) is 2.80. The van der Waals surface area contributed by atoms with Crippen LogP contribution in [-0.2, 0) is 11.0 Å². The second-order valence-electron chi connectivity index (χ2n) is 7.32. The number of aromatic nitrogens is 1. The molecule has 0 aliphatic heterocycles. The molecule has 0 aliphatic rings. The van der Waals surface area contributed by atoms with Crippen LogP contribution in [0.1, 0.15) is 26.5 Å². The topological polar surface area (TPSA) is 84.6 Å². The first-order chi connectivity index (χ1) is 11.5. The Bertz CT molecular complexity index is 768. The Balaban J connectivity index is 2.12. The van der Waals surface area contributed by atoms with E-state index >= 15 is 0 Å². The first-order valence-electron chi connectivity index (χ1n) is 7.88. The van der Waals surface area contributed by atoms with Gasteiger partial charge in [-0.3, -0.25) is 5.32 Å². The van der Waals surface area contributed by atoms with E-state index in [0.717, 1.165) is 6.07 Å². The SMILES string of the molecule is CC(C)(C)[Si](C)(C)OCc1coc(-c2ccc(NC(=O)O)cc2F)n1. The van der Waals surface area contributed by atoms with E-state index in [1.807, 2.05) is 0 Å². The van der Waals surface area contributed by atoms with E-state index < -0.39 is 20.2 Å². The van der Waals surface area contributed by atoms with Gasteiger partial charge in [-0.15, -0.1) is 0 Å². The molecule has 8 heteroatoms. The lowest BCUT2D eigenvalue weighted by Gasteiger charge is -2.35. The van der Waals surface area contributed by atoms with Crippen molar-refractivity contribution in [2.45, 2.75) is 45.5 Å². The number of oxazole rings is 1. The van der Waals surface area contributed by atoms with Gasteiger partial charge in [0.05, 0.1) is 12.2 Å². The van der Waals surface area contributed by atoms with Crippen molar-refractivity contribution in [2.24, 2.45) is 0 Å². The average molecular weight is 366 g/mol. The smallest absolute Gasteiger partial charge is 0.409 e. The van der Waals surface area contributed by atoms with Gasteiger partial charge in [-0.05, 0) is 36.3 Å². The fraction of sp³-hybridized carbons (Fsp3) is 0.412. The van der Waals surface area contributed by atoms with Crippen LogP contribution in [0.3, 0.4) is 0 Å². The van der Waals surface area contributed by atoms with Gasteiger partial charge in [-0.2, -0.15) is 0 Å². The number of benzene rings is 1. The zero-order valence-electron chi connectivity index (χ0n) is 15.0.